The van der Waals surface area contributed by atoms with Crippen molar-refractivity contribution in [3.8, 4) is 0 Å². The molecular formula is C18H33N3. The summed E-state index contributed by atoms with van der Waals surface area (Å²) >= 11 is 0. The Bertz CT molecular complexity index is 405. The number of hydrogen-bond donors (Lipinski definition) is 1. The number of aryl methyl sites for hydroxylation is 1. The number of aromatic nitrogens is 1. The van der Waals surface area contributed by atoms with Gasteiger partial charge in [0.05, 0.1) is 5.69 Å². The van der Waals surface area contributed by atoms with Gasteiger partial charge in [0, 0.05) is 25.3 Å². The predicted octanol–water partition coefficient (Wildman–Crippen LogP) is 3.63. The molecule has 1 atom stereocenters. The lowest BCUT2D eigenvalue weighted by Gasteiger charge is -2.34. The molecule has 0 aliphatic rings. The monoisotopic (exact) mass is 291 g/mol. The molecule has 1 aromatic heterocycles. The van der Waals surface area contributed by atoms with Crippen LogP contribution in [0.2, 0.25) is 0 Å². The zero-order chi connectivity index (χ0) is 15.7. The molecule has 0 aliphatic carbocycles. The first-order valence-corrected chi connectivity index (χ1v) is 8.31. The summed E-state index contributed by atoms with van der Waals surface area (Å²) in [7, 11) is 2.21. The standard InChI is InChI=1S/C18H33N3/c1-6-11-18(4,14-19-12-7-2)15-21(5)13-17-10-8-9-16(3)20-17/h8-10,19H,6-7,11-15H2,1-5H3. The molecule has 0 radical (unpaired) electrons. The van der Waals surface area contributed by atoms with Crippen LogP contribution in [0.4, 0.5) is 0 Å². The van der Waals surface area contributed by atoms with Gasteiger partial charge in [-0.1, -0.05) is 33.3 Å². The van der Waals surface area contributed by atoms with Gasteiger partial charge < -0.3 is 5.32 Å². The van der Waals surface area contributed by atoms with Crippen molar-refractivity contribution in [1.82, 2.24) is 15.2 Å². The first-order chi connectivity index (χ1) is 9.99. The second kappa shape index (κ2) is 9.16. The molecule has 1 heterocycles. The molecule has 0 bridgehead atoms. The number of nitrogens with zero attached hydrogens (tertiary/aromatic N) is 2. The van der Waals surface area contributed by atoms with E-state index < -0.39 is 0 Å². The van der Waals surface area contributed by atoms with Gasteiger partial charge in [-0.05, 0) is 50.9 Å². The third kappa shape index (κ3) is 7.05. The summed E-state index contributed by atoms with van der Waals surface area (Å²) < 4.78 is 0. The van der Waals surface area contributed by atoms with Crippen LogP contribution in [0.15, 0.2) is 18.2 Å². The highest BCUT2D eigenvalue weighted by molar-refractivity contribution is 5.09. The molecule has 3 heteroatoms. The van der Waals surface area contributed by atoms with Crippen LogP contribution >= 0.6 is 0 Å². The lowest BCUT2D eigenvalue weighted by molar-refractivity contribution is 0.167. The van der Waals surface area contributed by atoms with Crippen molar-refractivity contribution in [3.05, 3.63) is 29.6 Å². The highest BCUT2D eigenvalue weighted by Crippen LogP contribution is 2.24. The van der Waals surface area contributed by atoms with Crippen molar-refractivity contribution in [2.75, 3.05) is 26.7 Å². The Morgan fingerprint density at radius 3 is 2.62 bits per heavy atom. The van der Waals surface area contributed by atoms with Crippen LogP contribution in [0.3, 0.4) is 0 Å². The quantitative estimate of drug-likeness (QED) is 0.667. The van der Waals surface area contributed by atoms with Crippen LogP contribution < -0.4 is 5.32 Å². The summed E-state index contributed by atoms with van der Waals surface area (Å²) in [4.78, 5) is 7.02. The predicted molar refractivity (Wildman–Crippen MR) is 91.5 cm³/mol. The Morgan fingerprint density at radius 1 is 1.24 bits per heavy atom. The highest BCUT2D eigenvalue weighted by atomic mass is 15.1. The van der Waals surface area contributed by atoms with Gasteiger partial charge in [-0.15, -0.1) is 0 Å². The molecule has 1 unspecified atom stereocenters. The Hall–Kier alpha value is -0.930. The summed E-state index contributed by atoms with van der Waals surface area (Å²) in [6, 6.07) is 6.27. The summed E-state index contributed by atoms with van der Waals surface area (Å²) in [5, 5.41) is 3.60. The molecule has 3 nitrogen and oxygen atoms in total. The van der Waals surface area contributed by atoms with E-state index in [-0.39, 0.29) is 0 Å². The van der Waals surface area contributed by atoms with Crippen LogP contribution in [0.25, 0.3) is 0 Å². The second-order valence-electron chi connectivity index (χ2n) is 6.68. The molecule has 1 N–H and O–H groups in total. The highest BCUT2D eigenvalue weighted by Gasteiger charge is 2.24. The summed E-state index contributed by atoms with van der Waals surface area (Å²) in [5.41, 5.74) is 2.60. The van der Waals surface area contributed by atoms with Crippen LogP contribution in [-0.2, 0) is 6.54 Å². The number of pyridine rings is 1. The van der Waals surface area contributed by atoms with Gasteiger partial charge in [0.15, 0.2) is 0 Å². The SMILES string of the molecule is CCCNCC(C)(CCC)CN(C)Cc1cccc(C)n1. The van der Waals surface area contributed by atoms with Crippen LogP contribution in [0.5, 0.6) is 0 Å². The van der Waals surface area contributed by atoms with E-state index in [9.17, 15) is 0 Å². The fraction of sp³-hybridized carbons (Fsp3) is 0.722. The van der Waals surface area contributed by atoms with E-state index in [4.69, 9.17) is 0 Å². The van der Waals surface area contributed by atoms with E-state index in [0.29, 0.717) is 5.41 Å². The average Bonchev–Trinajstić information content (AvgIpc) is 2.38. The number of hydrogen-bond acceptors (Lipinski definition) is 3. The van der Waals surface area contributed by atoms with Gasteiger partial charge in [-0.2, -0.15) is 0 Å². The third-order valence-electron chi connectivity index (χ3n) is 3.86. The van der Waals surface area contributed by atoms with Crippen molar-refractivity contribution < 1.29 is 0 Å². The number of nitrogens with one attached hydrogen (secondary N) is 1. The van der Waals surface area contributed by atoms with Gasteiger partial charge in [-0.25, -0.2) is 0 Å². The Labute approximate surface area is 131 Å². The zero-order valence-corrected chi connectivity index (χ0v) is 14.6. The van der Waals surface area contributed by atoms with E-state index in [1.807, 2.05) is 0 Å². The van der Waals surface area contributed by atoms with Gasteiger partial charge in [0.1, 0.15) is 0 Å². The molecule has 21 heavy (non-hydrogen) atoms. The summed E-state index contributed by atoms with van der Waals surface area (Å²) in [6.45, 7) is 13.2. The molecule has 1 rings (SSSR count). The van der Waals surface area contributed by atoms with E-state index in [1.54, 1.807) is 0 Å². The molecule has 1 aromatic rings. The average molecular weight is 291 g/mol. The topological polar surface area (TPSA) is 28.2 Å². The minimum atomic E-state index is 0.336. The first kappa shape index (κ1) is 18.1. The largest absolute Gasteiger partial charge is 0.316 e. The molecule has 0 aromatic carbocycles. The Morgan fingerprint density at radius 2 is 2.00 bits per heavy atom. The molecule has 0 saturated carbocycles. The normalized spacial score (nSPS) is 14.4. The fourth-order valence-electron chi connectivity index (χ4n) is 3.07. The van der Waals surface area contributed by atoms with Crippen molar-refractivity contribution in [3.63, 3.8) is 0 Å². The summed E-state index contributed by atoms with van der Waals surface area (Å²) in [6.07, 6.45) is 3.70. The Balaban J connectivity index is 2.56. The Kier molecular flexibility index (Phi) is 7.91. The smallest absolute Gasteiger partial charge is 0.0547 e. The van der Waals surface area contributed by atoms with Crippen LogP contribution in [-0.4, -0.2) is 36.6 Å². The van der Waals surface area contributed by atoms with Gasteiger partial charge >= 0.3 is 0 Å². The van der Waals surface area contributed by atoms with Crippen molar-refractivity contribution in [1.29, 1.82) is 0 Å². The lowest BCUT2D eigenvalue weighted by Crippen LogP contribution is -2.41. The maximum Gasteiger partial charge on any atom is 0.0547 e. The van der Waals surface area contributed by atoms with Gasteiger partial charge in [-0.3, -0.25) is 9.88 Å². The zero-order valence-electron chi connectivity index (χ0n) is 14.6. The maximum atomic E-state index is 4.61. The molecular weight excluding hydrogens is 258 g/mol. The molecule has 120 valence electrons. The summed E-state index contributed by atoms with van der Waals surface area (Å²) in [5.74, 6) is 0. The van der Waals surface area contributed by atoms with Gasteiger partial charge in [0.25, 0.3) is 0 Å². The van der Waals surface area contributed by atoms with E-state index >= 15 is 0 Å². The molecule has 0 saturated heterocycles. The third-order valence-corrected chi connectivity index (χ3v) is 3.86. The first-order valence-electron chi connectivity index (χ1n) is 8.31. The van der Waals surface area contributed by atoms with E-state index in [0.717, 1.165) is 37.6 Å². The van der Waals surface area contributed by atoms with Gasteiger partial charge in [0.2, 0.25) is 0 Å². The number of rotatable bonds is 10. The van der Waals surface area contributed by atoms with Crippen LogP contribution in [0, 0.1) is 12.3 Å². The minimum Gasteiger partial charge on any atom is -0.316 e. The molecule has 0 fully saturated rings. The molecule has 0 spiro atoms. The fourth-order valence-corrected chi connectivity index (χ4v) is 3.07. The van der Waals surface area contributed by atoms with Crippen molar-refractivity contribution in [2.45, 2.75) is 53.5 Å². The van der Waals surface area contributed by atoms with Crippen LogP contribution in [0.1, 0.15) is 51.4 Å². The molecule has 0 amide bonds. The van der Waals surface area contributed by atoms with E-state index in [1.165, 1.54) is 19.3 Å². The molecule has 0 aliphatic heterocycles. The van der Waals surface area contributed by atoms with E-state index in [2.05, 4.69) is 68.1 Å². The minimum absolute atomic E-state index is 0.336. The van der Waals surface area contributed by atoms with Crippen molar-refractivity contribution in [2.24, 2.45) is 5.41 Å². The second-order valence-corrected chi connectivity index (χ2v) is 6.68. The maximum absolute atomic E-state index is 4.61. The van der Waals surface area contributed by atoms with Crippen molar-refractivity contribution >= 4 is 0 Å². The lowest BCUT2D eigenvalue weighted by atomic mass is 9.84.